The van der Waals surface area contributed by atoms with Crippen LogP contribution in [0.3, 0.4) is 0 Å². The van der Waals surface area contributed by atoms with Crippen LogP contribution in [-0.2, 0) is 16.1 Å². The minimum absolute atomic E-state index is 0.250. The number of aromatic nitrogens is 1. The van der Waals surface area contributed by atoms with E-state index in [-0.39, 0.29) is 12.0 Å². The number of nitrogens with one attached hydrogen (secondary N) is 1. The zero-order valence-electron chi connectivity index (χ0n) is 19.7. The van der Waals surface area contributed by atoms with Crippen molar-refractivity contribution in [2.45, 2.75) is 39.0 Å². The van der Waals surface area contributed by atoms with E-state index in [1.54, 1.807) is 44.1 Å². The van der Waals surface area contributed by atoms with Crippen LogP contribution >= 0.6 is 11.8 Å². The first-order chi connectivity index (χ1) is 16.5. The average Bonchev–Trinajstić information content (AvgIpc) is 2.85. The summed E-state index contributed by atoms with van der Waals surface area (Å²) < 4.78 is 11.2. The summed E-state index contributed by atoms with van der Waals surface area (Å²) in [6, 6.07) is 18.2. The van der Waals surface area contributed by atoms with Gasteiger partial charge in [-0.3, -0.25) is 9.78 Å². The maximum Gasteiger partial charge on any atom is 0.328 e. The molecule has 1 heterocycles. The van der Waals surface area contributed by atoms with E-state index < -0.39 is 12.0 Å². The lowest BCUT2D eigenvalue weighted by Crippen LogP contribution is -2.43. The summed E-state index contributed by atoms with van der Waals surface area (Å²) in [6.07, 6.45) is 5.56. The van der Waals surface area contributed by atoms with E-state index in [1.165, 1.54) is 0 Å². The molecule has 0 spiro atoms. The molecule has 6 nitrogen and oxygen atoms in total. The molecule has 0 unspecified atom stereocenters. The van der Waals surface area contributed by atoms with Crippen LogP contribution in [-0.4, -0.2) is 41.0 Å². The molecular formula is C27H30N2O4S. The van der Waals surface area contributed by atoms with Gasteiger partial charge in [-0.25, -0.2) is 4.79 Å². The van der Waals surface area contributed by atoms with E-state index in [0.29, 0.717) is 24.3 Å². The Balaban J connectivity index is 1.86. The summed E-state index contributed by atoms with van der Waals surface area (Å²) >= 11 is 1.62. The Kier molecular flexibility index (Phi) is 9.52. The van der Waals surface area contributed by atoms with Crippen molar-refractivity contribution in [2.75, 3.05) is 12.0 Å². The number of amides is 1. The smallest absolute Gasteiger partial charge is 0.328 e. The Labute approximate surface area is 205 Å². The molecule has 0 saturated heterocycles. The van der Waals surface area contributed by atoms with Gasteiger partial charge in [-0.2, -0.15) is 11.8 Å². The van der Waals surface area contributed by atoms with Crippen LogP contribution in [0.2, 0.25) is 0 Å². The standard InChI is InChI=1S/C27H30N2O4S/c1-19(2)33-27(31)25(13-15-34-3)29-26(30)23-12-11-20(18-32-22-10-7-14-28-17-22)16-24(23)21-8-5-4-6-9-21/h4-12,14,16-17,19,25H,13,15,18H2,1-3H3,(H,29,30)/t25-/m0/s1. The summed E-state index contributed by atoms with van der Waals surface area (Å²) in [7, 11) is 0. The quantitative estimate of drug-likeness (QED) is 0.385. The summed E-state index contributed by atoms with van der Waals surface area (Å²) in [5, 5.41) is 2.89. The Bertz CT molecular complexity index is 1070. The first-order valence-electron chi connectivity index (χ1n) is 11.2. The van der Waals surface area contributed by atoms with Gasteiger partial charge in [0.15, 0.2) is 0 Å². The molecule has 1 N–H and O–H groups in total. The molecule has 0 aliphatic rings. The van der Waals surface area contributed by atoms with Crippen LogP contribution in [0, 0.1) is 0 Å². The summed E-state index contributed by atoms with van der Waals surface area (Å²) in [6.45, 7) is 3.93. The van der Waals surface area contributed by atoms with Gasteiger partial charge in [0.1, 0.15) is 18.4 Å². The number of pyridine rings is 1. The summed E-state index contributed by atoms with van der Waals surface area (Å²) in [4.78, 5) is 30.0. The Hall–Kier alpha value is -3.32. The second-order valence-corrected chi connectivity index (χ2v) is 9.00. The monoisotopic (exact) mass is 478 g/mol. The van der Waals surface area contributed by atoms with E-state index in [0.717, 1.165) is 22.4 Å². The predicted octanol–water partition coefficient (Wildman–Crippen LogP) is 5.13. The van der Waals surface area contributed by atoms with Crippen LogP contribution in [0.5, 0.6) is 5.75 Å². The molecule has 0 saturated carbocycles. The molecule has 1 amide bonds. The maximum absolute atomic E-state index is 13.3. The molecule has 0 radical (unpaired) electrons. The molecular weight excluding hydrogens is 448 g/mol. The highest BCUT2D eigenvalue weighted by atomic mass is 32.2. The third-order valence-electron chi connectivity index (χ3n) is 5.01. The molecule has 7 heteroatoms. The van der Waals surface area contributed by atoms with Gasteiger partial charge in [-0.1, -0.05) is 36.4 Å². The number of ether oxygens (including phenoxy) is 2. The van der Waals surface area contributed by atoms with E-state index in [9.17, 15) is 9.59 Å². The van der Waals surface area contributed by atoms with E-state index in [4.69, 9.17) is 9.47 Å². The van der Waals surface area contributed by atoms with Gasteiger partial charge in [0.25, 0.3) is 5.91 Å². The van der Waals surface area contributed by atoms with Crippen molar-refractivity contribution in [1.82, 2.24) is 10.3 Å². The minimum Gasteiger partial charge on any atom is -0.487 e. The highest BCUT2D eigenvalue weighted by Gasteiger charge is 2.25. The van der Waals surface area contributed by atoms with Crippen LogP contribution in [0.25, 0.3) is 11.1 Å². The Morgan fingerprint density at radius 1 is 1.06 bits per heavy atom. The number of thioether (sulfide) groups is 1. The molecule has 0 aliphatic carbocycles. The second-order valence-electron chi connectivity index (χ2n) is 8.02. The van der Waals surface area contributed by atoms with Gasteiger partial charge >= 0.3 is 5.97 Å². The largest absolute Gasteiger partial charge is 0.487 e. The number of carbonyl (C=O) groups is 2. The predicted molar refractivity (Wildman–Crippen MR) is 136 cm³/mol. The molecule has 178 valence electrons. The highest BCUT2D eigenvalue weighted by molar-refractivity contribution is 7.98. The Morgan fingerprint density at radius 2 is 1.85 bits per heavy atom. The number of hydrogen-bond acceptors (Lipinski definition) is 6. The zero-order chi connectivity index (χ0) is 24.3. The third kappa shape index (κ3) is 7.35. The molecule has 0 aliphatic heterocycles. The van der Waals surface area contributed by atoms with E-state index in [1.807, 2.05) is 60.9 Å². The first kappa shape index (κ1) is 25.3. The van der Waals surface area contributed by atoms with Gasteiger partial charge in [0.05, 0.1) is 12.3 Å². The number of nitrogens with zero attached hydrogens (tertiary/aromatic N) is 1. The first-order valence-corrected chi connectivity index (χ1v) is 12.6. The summed E-state index contributed by atoms with van der Waals surface area (Å²) in [5.74, 6) is 0.672. The average molecular weight is 479 g/mol. The Morgan fingerprint density at radius 3 is 2.53 bits per heavy atom. The normalized spacial score (nSPS) is 11.6. The number of rotatable bonds is 11. The van der Waals surface area contributed by atoms with Crippen molar-refractivity contribution in [3.8, 4) is 16.9 Å². The number of carbonyl (C=O) groups excluding carboxylic acids is 2. The molecule has 3 rings (SSSR count). The van der Waals surface area contributed by atoms with Crippen molar-refractivity contribution in [3.63, 3.8) is 0 Å². The van der Waals surface area contributed by atoms with Gasteiger partial charge in [0.2, 0.25) is 0 Å². The van der Waals surface area contributed by atoms with Crippen molar-refractivity contribution in [2.24, 2.45) is 0 Å². The van der Waals surface area contributed by atoms with E-state index in [2.05, 4.69) is 10.3 Å². The lowest BCUT2D eigenvalue weighted by molar-refractivity contribution is -0.149. The van der Waals surface area contributed by atoms with Crippen LogP contribution < -0.4 is 10.1 Å². The van der Waals surface area contributed by atoms with Gasteiger partial charge in [0, 0.05) is 11.8 Å². The summed E-state index contributed by atoms with van der Waals surface area (Å²) in [5.41, 5.74) is 3.08. The topological polar surface area (TPSA) is 77.5 Å². The lowest BCUT2D eigenvalue weighted by Gasteiger charge is -2.20. The molecule has 0 bridgehead atoms. The number of hydrogen-bond donors (Lipinski definition) is 1. The number of esters is 1. The zero-order valence-corrected chi connectivity index (χ0v) is 20.5. The fourth-order valence-corrected chi connectivity index (χ4v) is 3.84. The lowest BCUT2D eigenvalue weighted by atomic mass is 9.96. The molecule has 3 aromatic rings. The SMILES string of the molecule is CSCC[C@H](NC(=O)c1ccc(COc2cccnc2)cc1-c1ccccc1)C(=O)OC(C)C. The highest BCUT2D eigenvalue weighted by Crippen LogP contribution is 2.26. The third-order valence-corrected chi connectivity index (χ3v) is 5.65. The van der Waals surface area contributed by atoms with Crippen LogP contribution in [0.1, 0.15) is 36.2 Å². The molecule has 2 aromatic carbocycles. The molecule has 34 heavy (non-hydrogen) atoms. The van der Waals surface area contributed by atoms with Crippen molar-refractivity contribution < 1.29 is 19.1 Å². The van der Waals surface area contributed by atoms with Crippen molar-refractivity contribution in [1.29, 1.82) is 0 Å². The van der Waals surface area contributed by atoms with Crippen molar-refractivity contribution >= 4 is 23.6 Å². The van der Waals surface area contributed by atoms with Crippen LogP contribution in [0.15, 0.2) is 73.1 Å². The minimum atomic E-state index is -0.709. The van der Waals surface area contributed by atoms with E-state index >= 15 is 0 Å². The fourth-order valence-electron chi connectivity index (χ4n) is 3.37. The molecule has 0 fully saturated rings. The molecule has 1 aromatic heterocycles. The second kappa shape index (κ2) is 12.8. The van der Waals surface area contributed by atoms with Gasteiger partial charge in [-0.05, 0) is 73.2 Å². The van der Waals surface area contributed by atoms with Crippen molar-refractivity contribution in [3.05, 3.63) is 84.2 Å². The molecule has 1 atom stereocenters. The fraction of sp³-hybridized carbons (Fsp3) is 0.296. The number of benzene rings is 2. The van der Waals surface area contributed by atoms with Gasteiger partial charge < -0.3 is 14.8 Å². The van der Waals surface area contributed by atoms with Crippen LogP contribution in [0.4, 0.5) is 0 Å². The maximum atomic E-state index is 13.3. The van der Waals surface area contributed by atoms with Gasteiger partial charge in [-0.15, -0.1) is 0 Å².